The molecule has 0 unspecified atom stereocenters. The fourth-order valence-corrected chi connectivity index (χ4v) is 3.82. The zero-order valence-corrected chi connectivity index (χ0v) is 19.0. The van der Waals surface area contributed by atoms with Crippen molar-refractivity contribution in [3.63, 3.8) is 0 Å². The number of nitrogens with zero attached hydrogens (tertiary/aromatic N) is 3. The number of hydrazine groups is 1. The second kappa shape index (κ2) is 9.79. The Morgan fingerprint density at radius 1 is 1.00 bits per heavy atom. The second-order valence-corrected chi connectivity index (χ2v) is 8.41. The molecule has 2 heterocycles. The number of hydrogen-bond donors (Lipinski definition) is 1. The Morgan fingerprint density at radius 3 is 2.33 bits per heavy atom. The summed E-state index contributed by atoms with van der Waals surface area (Å²) in [5.41, 5.74) is 5.14. The van der Waals surface area contributed by atoms with Crippen molar-refractivity contribution in [2.75, 3.05) is 0 Å². The molecular formula is C26H23ClN4O2. The van der Waals surface area contributed by atoms with Gasteiger partial charge in [0.2, 0.25) is 5.91 Å². The summed E-state index contributed by atoms with van der Waals surface area (Å²) < 4.78 is 0. The van der Waals surface area contributed by atoms with Crippen LogP contribution in [0.4, 0.5) is 0 Å². The van der Waals surface area contributed by atoms with Crippen molar-refractivity contribution in [3.05, 3.63) is 107 Å². The first-order valence-electron chi connectivity index (χ1n) is 10.6. The maximum atomic E-state index is 13.4. The van der Waals surface area contributed by atoms with Gasteiger partial charge in [-0.1, -0.05) is 74.0 Å². The van der Waals surface area contributed by atoms with E-state index in [4.69, 9.17) is 11.6 Å². The van der Waals surface area contributed by atoms with Gasteiger partial charge < -0.3 is 0 Å². The molecule has 0 radical (unpaired) electrons. The van der Waals surface area contributed by atoms with Crippen LogP contribution in [-0.4, -0.2) is 27.6 Å². The third-order valence-corrected chi connectivity index (χ3v) is 5.52. The quantitative estimate of drug-likeness (QED) is 0.537. The summed E-state index contributed by atoms with van der Waals surface area (Å²) >= 11 is 6.02. The van der Waals surface area contributed by atoms with Gasteiger partial charge in [0, 0.05) is 16.8 Å². The summed E-state index contributed by atoms with van der Waals surface area (Å²) in [6, 6.07) is 21.9. The molecule has 0 saturated carbocycles. The number of rotatable bonds is 6. The first-order valence-corrected chi connectivity index (χ1v) is 11.0. The van der Waals surface area contributed by atoms with Crippen molar-refractivity contribution in [3.8, 4) is 0 Å². The van der Waals surface area contributed by atoms with E-state index in [0.717, 1.165) is 5.56 Å². The number of carbonyl (C=O) groups is 2. The van der Waals surface area contributed by atoms with E-state index in [9.17, 15) is 9.59 Å². The Balaban J connectivity index is 1.68. The van der Waals surface area contributed by atoms with E-state index < -0.39 is 11.8 Å². The molecule has 0 bridgehead atoms. The number of carbonyl (C=O) groups excluding carboxylic acids is 2. The number of aliphatic imine (C=N–C) groups is 1. The average Bonchev–Trinajstić information content (AvgIpc) is 3.11. The Kier molecular flexibility index (Phi) is 6.66. The molecule has 2 aromatic carbocycles. The number of hydrogen-bond acceptors (Lipinski definition) is 4. The molecule has 1 N–H and O–H groups in total. The number of amidine groups is 1. The molecule has 33 heavy (non-hydrogen) atoms. The summed E-state index contributed by atoms with van der Waals surface area (Å²) in [5, 5.41) is 1.82. The van der Waals surface area contributed by atoms with Gasteiger partial charge in [0.25, 0.3) is 5.91 Å². The van der Waals surface area contributed by atoms with Gasteiger partial charge in [0.05, 0.1) is 11.6 Å². The monoisotopic (exact) mass is 458 g/mol. The van der Waals surface area contributed by atoms with Crippen LogP contribution in [0.15, 0.2) is 89.7 Å². The van der Waals surface area contributed by atoms with E-state index in [1.54, 1.807) is 36.5 Å². The molecule has 7 heteroatoms. The zero-order valence-electron chi connectivity index (χ0n) is 18.3. The fraction of sp³-hybridized carbons (Fsp3) is 0.154. The number of nitrogens with one attached hydrogen (secondary N) is 1. The van der Waals surface area contributed by atoms with Crippen LogP contribution in [0.3, 0.4) is 0 Å². The van der Waals surface area contributed by atoms with Crippen molar-refractivity contribution in [1.82, 2.24) is 15.4 Å². The summed E-state index contributed by atoms with van der Waals surface area (Å²) in [4.78, 5) is 35.5. The minimum atomic E-state index is -0.476. The highest BCUT2D eigenvalue weighted by Crippen LogP contribution is 2.27. The Bertz CT molecular complexity index is 1210. The van der Waals surface area contributed by atoms with Crippen LogP contribution >= 0.6 is 11.6 Å². The van der Waals surface area contributed by atoms with Gasteiger partial charge in [-0.25, -0.2) is 4.99 Å². The SMILES string of the molecule is CC(C)[C@H](C(=O)NN1C(=O)/C(=C/c2ccccn2)N=C1c1ccccc1)c1ccc(Cl)cc1. The van der Waals surface area contributed by atoms with E-state index in [1.165, 1.54) is 5.01 Å². The van der Waals surface area contributed by atoms with E-state index in [2.05, 4.69) is 15.4 Å². The molecule has 3 aromatic rings. The van der Waals surface area contributed by atoms with Crippen molar-refractivity contribution < 1.29 is 9.59 Å². The lowest BCUT2D eigenvalue weighted by Crippen LogP contribution is -2.49. The average molecular weight is 459 g/mol. The first kappa shape index (κ1) is 22.4. The highest BCUT2D eigenvalue weighted by Gasteiger charge is 2.35. The second-order valence-electron chi connectivity index (χ2n) is 7.98. The summed E-state index contributed by atoms with van der Waals surface area (Å²) in [6.45, 7) is 3.92. The van der Waals surface area contributed by atoms with Crippen LogP contribution in [0.1, 0.15) is 36.6 Å². The molecular weight excluding hydrogens is 436 g/mol. The van der Waals surface area contributed by atoms with Crippen LogP contribution in [-0.2, 0) is 9.59 Å². The van der Waals surface area contributed by atoms with Gasteiger partial charge in [0.1, 0.15) is 5.70 Å². The van der Waals surface area contributed by atoms with Gasteiger partial charge in [-0.05, 0) is 41.8 Å². The molecule has 0 aliphatic carbocycles. The summed E-state index contributed by atoms with van der Waals surface area (Å²) in [7, 11) is 0. The highest BCUT2D eigenvalue weighted by atomic mass is 35.5. The van der Waals surface area contributed by atoms with Gasteiger partial charge in [-0.3, -0.25) is 20.0 Å². The molecule has 1 aromatic heterocycles. The molecule has 2 amide bonds. The number of halogens is 1. The van der Waals surface area contributed by atoms with Gasteiger partial charge in [0.15, 0.2) is 5.84 Å². The molecule has 0 saturated heterocycles. The van der Waals surface area contributed by atoms with Crippen LogP contribution in [0.5, 0.6) is 0 Å². The summed E-state index contributed by atoms with van der Waals surface area (Å²) in [5.74, 6) is -0.856. The molecule has 0 fully saturated rings. The summed E-state index contributed by atoms with van der Waals surface area (Å²) in [6.07, 6.45) is 3.25. The van der Waals surface area contributed by atoms with Crippen molar-refractivity contribution in [1.29, 1.82) is 0 Å². The van der Waals surface area contributed by atoms with Crippen LogP contribution in [0.2, 0.25) is 5.02 Å². The molecule has 166 valence electrons. The normalized spacial score (nSPS) is 15.6. The zero-order chi connectivity index (χ0) is 23.4. The largest absolute Gasteiger partial charge is 0.297 e. The molecule has 1 aliphatic rings. The number of aromatic nitrogens is 1. The van der Waals surface area contributed by atoms with E-state index >= 15 is 0 Å². The topological polar surface area (TPSA) is 74.7 Å². The van der Waals surface area contributed by atoms with Crippen molar-refractivity contribution in [2.24, 2.45) is 10.9 Å². The predicted molar refractivity (Wildman–Crippen MR) is 129 cm³/mol. The van der Waals surface area contributed by atoms with E-state index in [0.29, 0.717) is 22.1 Å². The highest BCUT2D eigenvalue weighted by molar-refractivity contribution is 6.30. The fourth-order valence-electron chi connectivity index (χ4n) is 3.69. The third kappa shape index (κ3) is 5.02. The number of benzene rings is 2. The predicted octanol–water partition coefficient (Wildman–Crippen LogP) is 4.84. The van der Waals surface area contributed by atoms with Crippen LogP contribution in [0.25, 0.3) is 6.08 Å². The number of pyridine rings is 1. The Morgan fingerprint density at radius 2 is 1.70 bits per heavy atom. The van der Waals surface area contributed by atoms with Crippen LogP contribution in [0, 0.1) is 5.92 Å². The molecule has 1 aliphatic heterocycles. The Labute approximate surface area is 197 Å². The molecule has 4 rings (SSSR count). The molecule has 1 atom stereocenters. The standard InChI is InChI=1S/C26H23ClN4O2/c1-17(2)23(18-11-13-20(27)14-12-18)25(32)30-31-24(19-8-4-3-5-9-19)29-22(26(31)33)16-21-10-6-7-15-28-21/h3-17,23H,1-2H3,(H,30,32)/b22-16-/t23-/m0/s1. The van der Waals surface area contributed by atoms with Crippen molar-refractivity contribution in [2.45, 2.75) is 19.8 Å². The maximum Gasteiger partial charge on any atom is 0.297 e. The molecule has 0 spiro atoms. The van der Waals surface area contributed by atoms with Gasteiger partial charge in [-0.2, -0.15) is 5.01 Å². The number of amides is 2. The van der Waals surface area contributed by atoms with Gasteiger partial charge >= 0.3 is 0 Å². The van der Waals surface area contributed by atoms with Crippen LogP contribution < -0.4 is 5.43 Å². The minimum Gasteiger partial charge on any atom is -0.273 e. The lowest BCUT2D eigenvalue weighted by atomic mass is 9.88. The molecule has 6 nitrogen and oxygen atoms in total. The minimum absolute atomic E-state index is 0.00970. The Hall–Kier alpha value is -3.77. The maximum absolute atomic E-state index is 13.4. The lowest BCUT2D eigenvalue weighted by Gasteiger charge is -2.25. The lowest BCUT2D eigenvalue weighted by molar-refractivity contribution is -0.134. The van der Waals surface area contributed by atoms with Gasteiger partial charge in [-0.15, -0.1) is 0 Å². The van der Waals surface area contributed by atoms with Crippen molar-refractivity contribution >= 4 is 35.3 Å². The van der Waals surface area contributed by atoms with E-state index in [-0.39, 0.29) is 17.5 Å². The smallest absolute Gasteiger partial charge is 0.273 e. The van der Waals surface area contributed by atoms with E-state index in [1.807, 2.05) is 62.4 Å². The first-order chi connectivity index (χ1) is 15.9. The third-order valence-electron chi connectivity index (χ3n) is 5.26.